The second-order valence-corrected chi connectivity index (χ2v) is 3.34. The molecule has 0 saturated carbocycles. The monoisotopic (exact) mass is 205 g/mol. The van der Waals surface area contributed by atoms with Gasteiger partial charge in [0.05, 0.1) is 11.7 Å². The van der Waals surface area contributed by atoms with Gasteiger partial charge in [0.2, 0.25) is 0 Å². The molecule has 0 saturated heterocycles. The number of carbonyl (C=O) groups is 1. The van der Waals surface area contributed by atoms with Crippen LogP contribution in [-0.2, 0) is 11.2 Å². The molecule has 0 fully saturated rings. The lowest BCUT2D eigenvalue weighted by atomic mass is 10.2. The summed E-state index contributed by atoms with van der Waals surface area (Å²) in [5, 5.41) is 16.3. The predicted molar refractivity (Wildman–Crippen MR) is 53.6 cm³/mol. The number of fused-ring (bicyclic) bond motifs is 1. The highest BCUT2D eigenvalue weighted by atomic mass is 16.4. The van der Waals surface area contributed by atoms with Gasteiger partial charge in [0.15, 0.2) is 0 Å². The van der Waals surface area contributed by atoms with E-state index >= 15 is 0 Å². The molecule has 0 amide bonds. The summed E-state index contributed by atoms with van der Waals surface area (Å²) in [4.78, 5) is 10.4. The molecule has 2 rings (SSSR count). The molecule has 5 nitrogen and oxygen atoms in total. The highest BCUT2D eigenvalue weighted by Gasteiger charge is 2.03. The number of hydrogen-bond donors (Lipinski definition) is 1. The first-order valence-electron chi connectivity index (χ1n) is 4.77. The standard InChI is InChI=1S/C10H11N3O2/c14-10(15)6-2-4-8-3-1-5-9-7-11-12-13(8)9/h1,3,5,7H,2,4,6H2,(H,14,15). The van der Waals surface area contributed by atoms with Gasteiger partial charge in [-0.25, -0.2) is 4.52 Å². The Morgan fingerprint density at radius 1 is 1.47 bits per heavy atom. The number of carboxylic acids is 1. The number of aryl methyl sites for hydroxylation is 1. The Labute approximate surface area is 86.3 Å². The molecule has 0 bridgehead atoms. The lowest BCUT2D eigenvalue weighted by Gasteiger charge is -2.02. The zero-order valence-corrected chi connectivity index (χ0v) is 8.13. The summed E-state index contributed by atoms with van der Waals surface area (Å²) in [6, 6.07) is 5.78. The summed E-state index contributed by atoms with van der Waals surface area (Å²) in [5.74, 6) is -0.763. The topological polar surface area (TPSA) is 67.5 Å². The van der Waals surface area contributed by atoms with Gasteiger partial charge in [-0.15, -0.1) is 5.10 Å². The third-order valence-corrected chi connectivity index (χ3v) is 2.23. The highest BCUT2D eigenvalue weighted by molar-refractivity contribution is 5.66. The average molecular weight is 205 g/mol. The predicted octanol–water partition coefficient (Wildman–Crippen LogP) is 1.14. The molecule has 5 heteroatoms. The zero-order chi connectivity index (χ0) is 10.7. The van der Waals surface area contributed by atoms with Crippen LogP contribution >= 0.6 is 0 Å². The number of aromatic nitrogens is 3. The van der Waals surface area contributed by atoms with E-state index in [0.717, 1.165) is 11.2 Å². The van der Waals surface area contributed by atoms with Gasteiger partial charge in [-0.1, -0.05) is 11.3 Å². The minimum atomic E-state index is -0.763. The number of carboxylic acid groups (broad SMARTS) is 1. The van der Waals surface area contributed by atoms with Crippen molar-refractivity contribution in [2.24, 2.45) is 0 Å². The minimum Gasteiger partial charge on any atom is -0.481 e. The Bertz CT molecular complexity index is 478. The third-order valence-electron chi connectivity index (χ3n) is 2.23. The van der Waals surface area contributed by atoms with Crippen molar-refractivity contribution in [1.82, 2.24) is 14.8 Å². The Hall–Kier alpha value is -1.91. The van der Waals surface area contributed by atoms with Crippen molar-refractivity contribution in [1.29, 1.82) is 0 Å². The third kappa shape index (κ3) is 2.12. The number of hydrogen-bond acceptors (Lipinski definition) is 3. The lowest BCUT2D eigenvalue weighted by molar-refractivity contribution is -0.137. The second kappa shape index (κ2) is 4.08. The summed E-state index contributed by atoms with van der Waals surface area (Å²) in [5.41, 5.74) is 1.93. The van der Waals surface area contributed by atoms with Crippen molar-refractivity contribution in [2.75, 3.05) is 0 Å². The first-order valence-corrected chi connectivity index (χ1v) is 4.77. The van der Waals surface area contributed by atoms with Crippen LogP contribution in [0.3, 0.4) is 0 Å². The van der Waals surface area contributed by atoms with Crippen molar-refractivity contribution >= 4 is 11.5 Å². The van der Waals surface area contributed by atoms with E-state index in [9.17, 15) is 4.79 Å². The van der Waals surface area contributed by atoms with E-state index in [-0.39, 0.29) is 6.42 Å². The van der Waals surface area contributed by atoms with Gasteiger partial charge in [0.25, 0.3) is 0 Å². The fourth-order valence-corrected chi connectivity index (χ4v) is 1.52. The largest absolute Gasteiger partial charge is 0.481 e. The molecule has 0 aliphatic rings. The van der Waals surface area contributed by atoms with Gasteiger partial charge in [0, 0.05) is 12.1 Å². The summed E-state index contributed by atoms with van der Waals surface area (Å²) in [6.45, 7) is 0. The summed E-state index contributed by atoms with van der Waals surface area (Å²) in [6.07, 6.45) is 3.19. The molecule has 2 heterocycles. The molecular formula is C10H11N3O2. The normalized spacial score (nSPS) is 10.7. The quantitative estimate of drug-likeness (QED) is 0.812. The fourth-order valence-electron chi connectivity index (χ4n) is 1.52. The Morgan fingerprint density at radius 3 is 3.13 bits per heavy atom. The van der Waals surface area contributed by atoms with Crippen molar-refractivity contribution in [3.63, 3.8) is 0 Å². The maximum atomic E-state index is 10.4. The van der Waals surface area contributed by atoms with Crippen LogP contribution in [0.4, 0.5) is 0 Å². The maximum absolute atomic E-state index is 10.4. The lowest BCUT2D eigenvalue weighted by Crippen LogP contribution is -2.01. The van der Waals surface area contributed by atoms with Crippen LogP contribution in [0.1, 0.15) is 18.5 Å². The molecule has 15 heavy (non-hydrogen) atoms. The van der Waals surface area contributed by atoms with Gasteiger partial charge in [-0.2, -0.15) is 0 Å². The number of rotatable bonds is 4. The Balaban J connectivity index is 2.13. The molecule has 0 spiro atoms. The van der Waals surface area contributed by atoms with Crippen molar-refractivity contribution in [2.45, 2.75) is 19.3 Å². The Kier molecular flexibility index (Phi) is 2.62. The van der Waals surface area contributed by atoms with Crippen molar-refractivity contribution in [3.05, 3.63) is 30.1 Å². The summed E-state index contributed by atoms with van der Waals surface area (Å²) in [7, 11) is 0. The van der Waals surface area contributed by atoms with Gasteiger partial charge >= 0.3 is 5.97 Å². The molecule has 0 aliphatic carbocycles. The molecule has 0 radical (unpaired) electrons. The second-order valence-electron chi connectivity index (χ2n) is 3.34. The molecule has 78 valence electrons. The molecule has 0 aliphatic heterocycles. The first-order chi connectivity index (χ1) is 7.27. The van der Waals surface area contributed by atoms with Crippen LogP contribution in [0, 0.1) is 0 Å². The van der Waals surface area contributed by atoms with E-state index in [1.54, 1.807) is 10.7 Å². The summed E-state index contributed by atoms with van der Waals surface area (Å²) < 4.78 is 1.74. The van der Waals surface area contributed by atoms with Crippen molar-refractivity contribution < 1.29 is 9.90 Å². The molecular weight excluding hydrogens is 194 g/mol. The molecule has 2 aromatic rings. The van der Waals surface area contributed by atoms with E-state index < -0.39 is 5.97 Å². The van der Waals surface area contributed by atoms with Gasteiger partial charge in [-0.3, -0.25) is 4.79 Å². The van der Waals surface area contributed by atoms with Crippen LogP contribution in [-0.4, -0.2) is 25.9 Å². The van der Waals surface area contributed by atoms with Crippen LogP contribution in [0.15, 0.2) is 24.4 Å². The molecule has 0 aromatic carbocycles. The van der Waals surface area contributed by atoms with Crippen LogP contribution in [0.25, 0.3) is 5.52 Å². The van der Waals surface area contributed by atoms with Crippen molar-refractivity contribution in [3.8, 4) is 0 Å². The van der Waals surface area contributed by atoms with Crippen LogP contribution < -0.4 is 0 Å². The fraction of sp³-hybridized carbons (Fsp3) is 0.300. The summed E-state index contributed by atoms with van der Waals surface area (Å²) >= 11 is 0. The van der Waals surface area contributed by atoms with Crippen LogP contribution in [0.5, 0.6) is 0 Å². The van der Waals surface area contributed by atoms with E-state index in [1.807, 2.05) is 18.2 Å². The smallest absolute Gasteiger partial charge is 0.303 e. The van der Waals surface area contributed by atoms with Gasteiger partial charge in [-0.05, 0) is 25.0 Å². The van der Waals surface area contributed by atoms with E-state index in [4.69, 9.17) is 5.11 Å². The molecule has 1 N–H and O–H groups in total. The molecule has 0 unspecified atom stereocenters. The first kappa shape index (κ1) is 9.64. The highest BCUT2D eigenvalue weighted by Crippen LogP contribution is 2.08. The van der Waals surface area contributed by atoms with Gasteiger partial charge < -0.3 is 5.11 Å². The molecule has 2 aromatic heterocycles. The van der Waals surface area contributed by atoms with E-state index in [2.05, 4.69) is 10.3 Å². The number of aliphatic carboxylic acids is 1. The number of nitrogens with zero attached hydrogens (tertiary/aromatic N) is 3. The Morgan fingerprint density at radius 2 is 2.33 bits per heavy atom. The van der Waals surface area contributed by atoms with E-state index in [1.165, 1.54) is 0 Å². The van der Waals surface area contributed by atoms with E-state index in [0.29, 0.717) is 12.8 Å². The maximum Gasteiger partial charge on any atom is 0.303 e. The minimum absolute atomic E-state index is 0.186. The van der Waals surface area contributed by atoms with Gasteiger partial charge in [0.1, 0.15) is 0 Å². The van der Waals surface area contributed by atoms with Crippen LogP contribution in [0.2, 0.25) is 0 Å². The zero-order valence-electron chi connectivity index (χ0n) is 8.13. The average Bonchev–Trinajstić information content (AvgIpc) is 2.65. The SMILES string of the molecule is O=C(O)CCCc1cccc2cnnn12. The molecule has 0 atom stereocenters. The number of pyridine rings is 1.